The minimum Gasteiger partial charge on any atom is -0.459 e. The summed E-state index contributed by atoms with van der Waals surface area (Å²) in [6, 6.07) is 6.59. The average Bonchev–Trinajstić information content (AvgIpc) is 3.04. The highest BCUT2D eigenvalue weighted by Gasteiger charge is 2.25. The van der Waals surface area contributed by atoms with E-state index in [9.17, 15) is 4.79 Å². The number of nitrogens with two attached hydrogens (primary N) is 1. The molecule has 2 aliphatic carbocycles. The van der Waals surface area contributed by atoms with E-state index in [-0.39, 0.29) is 12.1 Å². The largest absolute Gasteiger partial charge is 0.459 e. The Morgan fingerprint density at radius 2 is 1.80 bits per heavy atom. The second-order valence-electron chi connectivity index (χ2n) is 7.24. The van der Waals surface area contributed by atoms with Gasteiger partial charge in [0, 0.05) is 10.9 Å². The number of hydrogen-bond donors (Lipinski definition) is 1. The van der Waals surface area contributed by atoms with Gasteiger partial charge in [-0.1, -0.05) is 24.6 Å². The zero-order valence-electron chi connectivity index (χ0n) is 14.6. The van der Waals surface area contributed by atoms with Gasteiger partial charge in [0.15, 0.2) is 0 Å². The first-order valence-corrected chi connectivity index (χ1v) is 10.3. The van der Waals surface area contributed by atoms with Gasteiger partial charge >= 0.3 is 5.97 Å². The van der Waals surface area contributed by atoms with Gasteiger partial charge in [0.1, 0.15) is 16.7 Å². The molecule has 2 N–H and O–H groups in total. The molecule has 0 radical (unpaired) electrons. The number of benzene rings is 1. The molecule has 1 saturated carbocycles. The first-order valence-electron chi connectivity index (χ1n) is 9.42. The number of fused-ring (bicyclic) bond motifs is 1. The molecular weight excluding hydrogens is 330 g/mol. The molecule has 132 valence electrons. The van der Waals surface area contributed by atoms with Crippen molar-refractivity contribution in [2.24, 2.45) is 0 Å². The van der Waals surface area contributed by atoms with Crippen LogP contribution < -0.4 is 5.73 Å². The molecule has 3 nitrogen and oxygen atoms in total. The molecule has 2 aromatic rings. The number of ether oxygens (including phenoxy) is 1. The van der Waals surface area contributed by atoms with E-state index < -0.39 is 0 Å². The number of nitrogen functional groups attached to an aromatic ring is 1. The van der Waals surface area contributed by atoms with Crippen LogP contribution in [-0.4, -0.2) is 12.1 Å². The quantitative estimate of drug-likeness (QED) is 0.754. The van der Waals surface area contributed by atoms with E-state index in [1.54, 1.807) is 0 Å². The number of thiophene rings is 1. The summed E-state index contributed by atoms with van der Waals surface area (Å²) in [6.45, 7) is 0. The number of rotatable bonds is 3. The number of carbonyl (C=O) groups excluding carboxylic acids is 1. The highest BCUT2D eigenvalue weighted by Crippen LogP contribution is 2.36. The lowest BCUT2D eigenvalue weighted by Crippen LogP contribution is -2.21. The molecule has 0 amide bonds. The second kappa shape index (κ2) is 7.20. The van der Waals surface area contributed by atoms with Crippen LogP contribution in [0.25, 0.3) is 11.1 Å². The van der Waals surface area contributed by atoms with Gasteiger partial charge in [-0.25, -0.2) is 4.79 Å². The highest BCUT2D eigenvalue weighted by atomic mass is 32.1. The Kier molecular flexibility index (Phi) is 4.80. The Morgan fingerprint density at radius 3 is 2.60 bits per heavy atom. The summed E-state index contributed by atoms with van der Waals surface area (Å²) >= 11 is 1.43. The van der Waals surface area contributed by atoms with E-state index in [1.165, 1.54) is 41.7 Å². The summed E-state index contributed by atoms with van der Waals surface area (Å²) in [5.74, 6) is -0.252. The van der Waals surface area contributed by atoms with Crippen molar-refractivity contribution in [3.05, 3.63) is 40.3 Å². The zero-order valence-corrected chi connectivity index (χ0v) is 15.4. The lowest BCUT2D eigenvalue weighted by atomic mass is 9.89. The third-order valence-corrected chi connectivity index (χ3v) is 6.32. The highest BCUT2D eigenvalue weighted by molar-refractivity contribution is 7.14. The van der Waals surface area contributed by atoms with Crippen LogP contribution in [0.1, 0.15) is 66.4 Å². The van der Waals surface area contributed by atoms with Crippen molar-refractivity contribution >= 4 is 22.3 Å². The zero-order chi connectivity index (χ0) is 17.2. The maximum Gasteiger partial charge on any atom is 0.342 e. The van der Waals surface area contributed by atoms with Gasteiger partial charge in [0.25, 0.3) is 0 Å². The van der Waals surface area contributed by atoms with Crippen molar-refractivity contribution in [3.8, 4) is 11.1 Å². The molecule has 25 heavy (non-hydrogen) atoms. The minimum atomic E-state index is -0.252. The summed E-state index contributed by atoms with van der Waals surface area (Å²) < 4.78 is 5.78. The van der Waals surface area contributed by atoms with Gasteiger partial charge in [0.05, 0.1) is 0 Å². The number of esters is 1. The SMILES string of the molecule is Nc1scc(-c2ccc3c(c2)CCCC3)c1C(=O)OC1CCCCC1. The van der Waals surface area contributed by atoms with Crippen LogP contribution in [0.4, 0.5) is 5.00 Å². The fourth-order valence-corrected chi connectivity index (χ4v) is 4.90. The Bertz CT molecular complexity index is 774. The average molecular weight is 356 g/mol. The molecule has 0 aliphatic heterocycles. The van der Waals surface area contributed by atoms with Crippen molar-refractivity contribution in [2.75, 3.05) is 5.73 Å². The second-order valence-corrected chi connectivity index (χ2v) is 8.16. The molecule has 0 saturated heterocycles. The van der Waals surface area contributed by atoms with E-state index in [0.717, 1.165) is 49.7 Å². The van der Waals surface area contributed by atoms with Gasteiger partial charge in [-0.3, -0.25) is 0 Å². The smallest absolute Gasteiger partial charge is 0.342 e. The summed E-state index contributed by atoms with van der Waals surface area (Å²) in [7, 11) is 0. The first-order chi connectivity index (χ1) is 12.2. The molecule has 0 bridgehead atoms. The fourth-order valence-electron chi connectivity index (χ4n) is 4.09. The van der Waals surface area contributed by atoms with Gasteiger partial charge in [0.2, 0.25) is 0 Å². The monoisotopic (exact) mass is 355 g/mol. The summed E-state index contributed by atoms with van der Waals surface area (Å²) in [5, 5.41) is 2.56. The fraction of sp³-hybridized carbons (Fsp3) is 0.476. The van der Waals surface area contributed by atoms with Crippen LogP contribution in [0, 0.1) is 0 Å². The van der Waals surface area contributed by atoms with Crippen LogP contribution in [0.2, 0.25) is 0 Å². The molecule has 1 aromatic carbocycles. The molecule has 0 unspecified atom stereocenters. The maximum absolute atomic E-state index is 12.8. The third kappa shape index (κ3) is 3.45. The Balaban J connectivity index is 1.62. The third-order valence-electron chi connectivity index (χ3n) is 5.51. The number of carbonyl (C=O) groups is 1. The van der Waals surface area contributed by atoms with Crippen LogP contribution in [0.15, 0.2) is 23.6 Å². The molecule has 1 aromatic heterocycles. The van der Waals surface area contributed by atoms with Gasteiger partial charge < -0.3 is 10.5 Å². The summed E-state index contributed by atoms with van der Waals surface area (Å²) in [5.41, 5.74) is 11.6. The molecule has 4 rings (SSSR count). The van der Waals surface area contributed by atoms with Crippen LogP contribution in [0.3, 0.4) is 0 Å². The molecule has 2 aliphatic rings. The summed E-state index contributed by atoms with van der Waals surface area (Å²) in [6.07, 6.45) is 10.4. The van der Waals surface area contributed by atoms with E-state index in [0.29, 0.717) is 10.6 Å². The van der Waals surface area contributed by atoms with E-state index in [2.05, 4.69) is 18.2 Å². The molecule has 4 heteroatoms. The predicted octanol–water partition coefficient (Wildman–Crippen LogP) is 5.37. The van der Waals surface area contributed by atoms with Crippen LogP contribution >= 0.6 is 11.3 Å². The lowest BCUT2D eigenvalue weighted by molar-refractivity contribution is 0.0214. The van der Waals surface area contributed by atoms with Gasteiger partial charge in [-0.15, -0.1) is 11.3 Å². The van der Waals surface area contributed by atoms with Crippen LogP contribution in [-0.2, 0) is 17.6 Å². The predicted molar refractivity (Wildman–Crippen MR) is 103 cm³/mol. The van der Waals surface area contributed by atoms with Crippen LogP contribution in [0.5, 0.6) is 0 Å². The normalized spacial score (nSPS) is 17.9. The van der Waals surface area contributed by atoms with Crippen molar-refractivity contribution < 1.29 is 9.53 Å². The number of hydrogen-bond acceptors (Lipinski definition) is 4. The first kappa shape index (κ1) is 16.6. The summed E-state index contributed by atoms with van der Waals surface area (Å²) in [4.78, 5) is 12.8. The number of aryl methyl sites for hydroxylation is 2. The number of anilines is 1. The Morgan fingerprint density at radius 1 is 1.04 bits per heavy atom. The molecule has 0 spiro atoms. The lowest BCUT2D eigenvalue weighted by Gasteiger charge is -2.22. The topological polar surface area (TPSA) is 52.3 Å². The standard InChI is InChI=1S/C21H25NO2S/c22-20-19(21(23)24-17-8-2-1-3-9-17)18(13-25-20)16-11-10-14-6-4-5-7-15(14)12-16/h10-13,17H,1-9,22H2. The molecule has 1 fully saturated rings. The van der Waals surface area contributed by atoms with Crippen molar-refractivity contribution in [1.29, 1.82) is 0 Å². The molecule has 1 heterocycles. The maximum atomic E-state index is 12.8. The van der Waals surface area contributed by atoms with E-state index in [1.807, 2.05) is 5.38 Å². The van der Waals surface area contributed by atoms with E-state index >= 15 is 0 Å². The molecule has 0 atom stereocenters. The Labute approximate surface area is 153 Å². The van der Waals surface area contributed by atoms with Gasteiger partial charge in [-0.2, -0.15) is 0 Å². The van der Waals surface area contributed by atoms with Gasteiger partial charge in [-0.05, 0) is 68.1 Å². The molecular formula is C21H25NO2S. The Hall–Kier alpha value is -1.81. The van der Waals surface area contributed by atoms with Crippen molar-refractivity contribution in [1.82, 2.24) is 0 Å². The minimum absolute atomic E-state index is 0.0527. The van der Waals surface area contributed by atoms with E-state index in [4.69, 9.17) is 10.5 Å². The van der Waals surface area contributed by atoms with Crippen molar-refractivity contribution in [2.45, 2.75) is 63.9 Å². The van der Waals surface area contributed by atoms with Crippen molar-refractivity contribution in [3.63, 3.8) is 0 Å².